The molecule has 0 spiro atoms. The second-order valence-corrected chi connectivity index (χ2v) is 5.80. The summed E-state index contributed by atoms with van der Waals surface area (Å²) in [5, 5.41) is 3.41. The smallest absolute Gasteiger partial charge is 0.157 e. The third-order valence-corrected chi connectivity index (χ3v) is 4.18. The SMILES string of the molecule is CSc1ccc(/C=C/C(=O)CC2CCCCN2)cc1. The van der Waals surface area contributed by atoms with Crippen LogP contribution >= 0.6 is 11.8 Å². The fourth-order valence-electron chi connectivity index (χ4n) is 2.31. The van der Waals surface area contributed by atoms with Crippen LogP contribution in [0.3, 0.4) is 0 Å². The van der Waals surface area contributed by atoms with Gasteiger partial charge in [0.15, 0.2) is 5.78 Å². The molecule has 19 heavy (non-hydrogen) atoms. The highest BCUT2D eigenvalue weighted by Crippen LogP contribution is 2.16. The van der Waals surface area contributed by atoms with Crippen LogP contribution in [0.2, 0.25) is 0 Å². The summed E-state index contributed by atoms with van der Waals surface area (Å²) in [4.78, 5) is 13.1. The summed E-state index contributed by atoms with van der Waals surface area (Å²) in [7, 11) is 0. The van der Waals surface area contributed by atoms with E-state index in [1.807, 2.05) is 6.08 Å². The highest BCUT2D eigenvalue weighted by molar-refractivity contribution is 7.98. The second kappa shape index (κ2) is 7.51. The minimum absolute atomic E-state index is 0.216. The number of allylic oxidation sites excluding steroid dienone is 1. The number of hydrogen-bond acceptors (Lipinski definition) is 3. The first-order valence-corrected chi connectivity index (χ1v) is 8.09. The van der Waals surface area contributed by atoms with Gasteiger partial charge in [-0.25, -0.2) is 0 Å². The second-order valence-electron chi connectivity index (χ2n) is 4.92. The van der Waals surface area contributed by atoms with E-state index in [1.54, 1.807) is 17.8 Å². The summed E-state index contributed by atoms with van der Waals surface area (Å²) in [6.45, 7) is 1.05. The third kappa shape index (κ3) is 4.84. The van der Waals surface area contributed by atoms with E-state index in [0.717, 1.165) is 18.5 Å². The van der Waals surface area contributed by atoms with Gasteiger partial charge in [-0.2, -0.15) is 0 Å². The first-order valence-electron chi connectivity index (χ1n) is 6.86. The Hall–Kier alpha value is -1.06. The van der Waals surface area contributed by atoms with Gasteiger partial charge >= 0.3 is 0 Å². The summed E-state index contributed by atoms with van der Waals surface area (Å²) in [6, 6.07) is 8.64. The van der Waals surface area contributed by atoms with E-state index in [4.69, 9.17) is 0 Å². The molecule has 0 saturated carbocycles. The van der Waals surface area contributed by atoms with Crippen LogP contribution in [0.25, 0.3) is 6.08 Å². The minimum atomic E-state index is 0.216. The minimum Gasteiger partial charge on any atom is -0.314 e. The summed E-state index contributed by atoms with van der Waals surface area (Å²) >= 11 is 1.73. The molecule has 1 heterocycles. The van der Waals surface area contributed by atoms with E-state index in [2.05, 4.69) is 35.8 Å². The van der Waals surface area contributed by atoms with Crippen LogP contribution < -0.4 is 5.32 Å². The van der Waals surface area contributed by atoms with E-state index in [9.17, 15) is 4.79 Å². The highest BCUT2D eigenvalue weighted by atomic mass is 32.2. The summed E-state index contributed by atoms with van der Waals surface area (Å²) < 4.78 is 0. The molecule has 1 saturated heterocycles. The molecule has 2 nitrogen and oxygen atoms in total. The summed E-state index contributed by atoms with van der Waals surface area (Å²) in [5.41, 5.74) is 1.09. The number of carbonyl (C=O) groups excluding carboxylic acids is 1. The lowest BCUT2D eigenvalue weighted by Crippen LogP contribution is -2.35. The molecular weight excluding hydrogens is 254 g/mol. The van der Waals surface area contributed by atoms with Crippen molar-refractivity contribution in [2.75, 3.05) is 12.8 Å². The highest BCUT2D eigenvalue weighted by Gasteiger charge is 2.14. The van der Waals surface area contributed by atoms with Crippen LogP contribution in [-0.4, -0.2) is 24.6 Å². The van der Waals surface area contributed by atoms with Gasteiger partial charge in [0.25, 0.3) is 0 Å². The Morgan fingerprint density at radius 2 is 2.16 bits per heavy atom. The van der Waals surface area contributed by atoms with E-state index >= 15 is 0 Å². The lowest BCUT2D eigenvalue weighted by atomic mass is 9.99. The zero-order valence-electron chi connectivity index (χ0n) is 11.4. The van der Waals surface area contributed by atoms with E-state index in [-0.39, 0.29) is 5.78 Å². The normalized spacial score (nSPS) is 19.7. The van der Waals surface area contributed by atoms with Crippen molar-refractivity contribution in [2.24, 2.45) is 0 Å². The van der Waals surface area contributed by atoms with Crippen LogP contribution in [0, 0.1) is 0 Å². The first kappa shape index (κ1) is 14.4. The molecule has 1 aliphatic rings. The Morgan fingerprint density at radius 3 is 2.79 bits per heavy atom. The van der Waals surface area contributed by atoms with Crippen molar-refractivity contribution < 1.29 is 4.79 Å². The molecule has 0 aromatic heterocycles. The Morgan fingerprint density at radius 1 is 1.37 bits per heavy atom. The molecule has 3 heteroatoms. The Kier molecular flexibility index (Phi) is 5.67. The Balaban J connectivity index is 1.84. The van der Waals surface area contributed by atoms with E-state index < -0.39 is 0 Å². The molecule has 1 atom stereocenters. The zero-order chi connectivity index (χ0) is 13.5. The van der Waals surface area contributed by atoms with Gasteiger partial charge in [-0.3, -0.25) is 4.79 Å². The van der Waals surface area contributed by atoms with Crippen LogP contribution in [0.1, 0.15) is 31.2 Å². The number of thioether (sulfide) groups is 1. The molecule has 0 aliphatic carbocycles. The molecule has 0 bridgehead atoms. The molecular formula is C16H21NOS. The van der Waals surface area contributed by atoms with Gasteiger partial charge in [-0.15, -0.1) is 11.8 Å². The molecule has 1 N–H and O–H groups in total. The van der Waals surface area contributed by atoms with Crippen LogP contribution in [0.5, 0.6) is 0 Å². The molecule has 2 rings (SSSR count). The van der Waals surface area contributed by atoms with Gasteiger partial charge in [0.1, 0.15) is 0 Å². The monoisotopic (exact) mass is 275 g/mol. The van der Waals surface area contributed by atoms with E-state index in [1.165, 1.54) is 17.7 Å². The number of piperidine rings is 1. The maximum absolute atomic E-state index is 11.9. The molecule has 1 aromatic carbocycles. The van der Waals surface area contributed by atoms with Crippen LogP contribution in [0.15, 0.2) is 35.2 Å². The average Bonchev–Trinajstić information content (AvgIpc) is 2.47. The molecule has 1 aliphatic heterocycles. The maximum Gasteiger partial charge on any atom is 0.157 e. The first-order chi connectivity index (χ1) is 9.28. The number of nitrogens with one attached hydrogen (secondary N) is 1. The van der Waals surface area contributed by atoms with Crippen molar-refractivity contribution in [2.45, 2.75) is 36.6 Å². The maximum atomic E-state index is 11.9. The van der Waals surface area contributed by atoms with Crippen LogP contribution in [-0.2, 0) is 4.79 Å². The molecule has 1 unspecified atom stereocenters. The van der Waals surface area contributed by atoms with Crippen molar-refractivity contribution in [3.8, 4) is 0 Å². The predicted molar refractivity (Wildman–Crippen MR) is 82.5 cm³/mol. The fourth-order valence-corrected chi connectivity index (χ4v) is 2.72. The molecule has 0 radical (unpaired) electrons. The van der Waals surface area contributed by atoms with Gasteiger partial charge in [0, 0.05) is 17.4 Å². The average molecular weight is 275 g/mol. The van der Waals surface area contributed by atoms with Gasteiger partial charge in [0.2, 0.25) is 0 Å². The van der Waals surface area contributed by atoms with Crippen molar-refractivity contribution in [3.05, 3.63) is 35.9 Å². The molecule has 1 fully saturated rings. The standard InChI is InChI=1S/C16H21NOS/c1-19-16-9-6-13(7-10-16)5-8-15(18)12-14-4-2-3-11-17-14/h5-10,14,17H,2-4,11-12H2,1H3/b8-5+. The Labute approximate surface area is 119 Å². The topological polar surface area (TPSA) is 29.1 Å². The number of rotatable bonds is 5. The van der Waals surface area contributed by atoms with Crippen molar-refractivity contribution in [1.82, 2.24) is 5.32 Å². The largest absolute Gasteiger partial charge is 0.314 e. The molecule has 102 valence electrons. The van der Waals surface area contributed by atoms with Gasteiger partial charge in [0.05, 0.1) is 0 Å². The third-order valence-electron chi connectivity index (χ3n) is 3.44. The fraction of sp³-hybridized carbons (Fsp3) is 0.438. The number of benzene rings is 1. The molecule has 1 aromatic rings. The molecule has 0 amide bonds. The summed E-state index contributed by atoms with van der Waals surface area (Å²) in [5.74, 6) is 0.216. The Bertz CT molecular complexity index is 433. The lowest BCUT2D eigenvalue weighted by molar-refractivity contribution is -0.115. The van der Waals surface area contributed by atoms with Gasteiger partial charge < -0.3 is 5.32 Å². The van der Waals surface area contributed by atoms with Crippen molar-refractivity contribution in [3.63, 3.8) is 0 Å². The lowest BCUT2D eigenvalue weighted by Gasteiger charge is -2.22. The van der Waals surface area contributed by atoms with E-state index in [0.29, 0.717) is 12.5 Å². The van der Waals surface area contributed by atoms with Crippen molar-refractivity contribution in [1.29, 1.82) is 0 Å². The number of ketones is 1. The van der Waals surface area contributed by atoms with Gasteiger partial charge in [-0.05, 0) is 49.4 Å². The van der Waals surface area contributed by atoms with Crippen molar-refractivity contribution >= 4 is 23.6 Å². The summed E-state index contributed by atoms with van der Waals surface area (Å²) in [6.07, 6.45) is 9.92. The number of hydrogen-bond donors (Lipinski definition) is 1. The van der Waals surface area contributed by atoms with Crippen LogP contribution in [0.4, 0.5) is 0 Å². The number of carbonyl (C=O) groups is 1. The predicted octanol–water partition coefficient (Wildman–Crippen LogP) is 3.52. The van der Waals surface area contributed by atoms with Gasteiger partial charge in [-0.1, -0.05) is 24.6 Å². The zero-order valence-corrected chi connectivity index (χ0v) is 12.2. The quantitative estimate of drug-likeness (QED) is 0.658.